The topological polar surface area (TPSA) is 76.9 Å². The summed E-state index contributed by atoms with van der Waals surface area (Å²) in [7, 11) is 0. The largest absolute Gasteiger partial charge is 0.462 e. The van der Waals surface area contributed by atoms with E-state index in [1.807, 2.05) is 54.6 Å². The SMILES string of the molecule is CCOC(=O)c1ccc(NC(=O)C(=O)c2c(-c3ccccc3)cc3ccccn23)cc1. The molecule has 0 aliphatic rings. The molecule has 0 aliphatic heterocycles. The number of hydrogen-bond donors (Lipinski definition) is 1. The summed E-state index contributed by atoms with van der Waals surface area (Å²) in [5, 5.41) is 2.62. The van der Waals surface area contributed by atoms with E-state index >= 15 is 0 Å². The van der Waals surface area contributed by atoms with Crippen LogP contribution in [0.4, 0.5) is 5.69 Å². The summed E-state index contributed by atoms with van der Waals surface area (Å²) in [5.74, 6) is -1.85. The molecule has 6 nitrogen and oxygen atoms in total. The number of pyridine rings is 1. The highest BCUT2D eigenvalue weighted by Gasteiger charge is 2.24. The Hall–Kier alpha value is -4.19. The van der Waals surface area contributed by atoms with Crippen molar-refractivity contribution in [2.45, 2.75) is 6.92 Å². The second-order valence-corrected chi connectivity index (χ2v) is 6.85. The van der Waals surface area contributed by atoms with Gasteiger partial charge in [0.1, 0.15) is 5.69 Å². The maximum atomic E-state index is 13.2. The predicted molar refractivity (Wildman–Crippen MR) is 118 cm³/mol. The first kappa shape index (κ1) is 20.1. The first-order valence-electron chi connectivity index (χ1n) is 9.87. The number of esters is 1. The molecule has 1 N–H and O–H groups in total. The van der Waals surface area contributed by atoms with Gasteiger partial charge in [-0.1, -0.05) is 36.4 Å². The lowest BCUT2D eigenvalue weighted by molar-refractivity contribution is -0.112. The van der Waals surface area contributed by atoms with Gasteiger partial charge >= 0.3 is 5.97 Å². The van der Waals surface area contributed by atoms with Crippen molar-refractivity contribution in [2.24, 2.45) is 0 Å². The van der Waals surface area contributed by atoms with Crippen molar-refractivity contribution in [3.63, 3.8) is 0 Å². The molecule has 0 radical (unpaired) electrons. The molecule has 2 heterocycles. The molecule has 31 heavy (non-hydrogen) atoms. The van der Waals surface area contributed by atoms with Crippen LogP contribution in [0.3, 0.4) is 0 Å². The number of nitrogens with one attached hydrogen (secondary N) is 1. The molecule has 6 heteroatoms. The molecule has 0 spiro atoms. The number of carbonyl (C=O) groups excluding carboxylic acids is 3. The summed E-state index contributed by atoms with van der Waals surface area (Å²) < 4.78 is 6.67. The highest BCUT2D eigenvalue weighted by Crippen LogP contribution is 2.28. The number of hydrogen-bond acceptors (Lipinski definition) is 4. The Morgan fingerprint density at radius 3 is 2.32 bits per heavy atom. The van der Waals surface area contributed by atoms with Crippen LogP contribution in [0.25, 0.3) is 16.6 Å². The Morgan fingerprint density at radius 1 is 0.903 bits per heavy atom. The van der Waals surface area contributed by atoms with Crippen LogP contribution in [0.15, 0.2) is 85.1 Å². The lowest BCUT2D eigenvalue weighted by Crippen LogP contribution is -2.24. The summed E-state index contributed by atoms with van der Waals surface area (Å²) in [6.07, 6.45) is 1.76. The molecule has 0 saturated carbocycles. The van der Waals surface area contributed by atoms with Crippen LogP contribution >= 0.6 is 0 Å². The maximum absolute atomic E-state index is 13.2. The molecule has 0 atom stereocenters. The smallest absolute Gasteiger partial charge is 0.338 e. The van der Waals surface area contributed by atoms with E-state index in [2.05, 4.69) is 5.32 Å². The second-order valence-electron chi connectivity index (χ2n) is 6.85. The number of ether oxygens (including phenoxy) is 1. The van der Waals surface area contributed by atoms with E-state index in [1.165, 1.54) is 0 Å². The number of amides is 1. The highest BCUT2D eigenvalue weighted by atomic mass is 16.5. The summed E-state index contributed by atoms with van der Waals surface area (Å²) in [4.78, 5) is 37.7. The van der Waals surface area contributed by atoms with Crippen molar-refractivity contribution >= 4 is 28.9 Å². The standard InChI is InChI=1S/C25H20N2O4/c1-2-31-25(30)18-11-13-19(14-12-18)26-24(29)23(28)22-21(17-8-4-3-5-9-17)16-20-10-6-7-15-27(20)22/h3-16H,2H2,1H3,(H,26,29). The predicted octanol–water partition coefficient (Wildman–Crippen LogP) is 4.60. The molecular weight excluding hydrogens is 392 g/mol. The number of rotatable bonds is 6. The van der Waals surface area contributed by atoms with E-state index in [4.69, 9.17) is 4.74 Å². The third kappa shape index (κ3) is 4.09. The van der Waals surface area contributed by atoms with Gasteiger partial charge in [-0.05, 0) is 55.0 Å². The fourth-order valence-electron chi connectivity index (χ4n) is 3.39. The van der Waals surface area contributed by atoms with Gasteiger partial charge in [0.05, 0.1) is 12.2 Å². The van der Waals surface area contributed by atoms with Crippen LogP contribution in [-0.4, -0.2) is 28.7 Å². The van der Waals surface area contributed by atoms with Crippen LogP contribution < -0.4 is 5.32 Å². The molecular formula is C25H20N2O4. The minimum Gasteiger partial charge on any atom is -0.462 e. The highest BCUT2D eigenvalue weighted by molar-refractivity contribution is 6.47. The number of ketones is 1. The molecule has 2 aromatic heterocycles. The normalized spacial score (nSPS) is 10.6. The summed E-state index contributed by atoms with van der Waals surface area (Å²) >= 11 is 0. The van der Waals surface area contributed by atoms with Gasteiger partial charge < -0.3 is 14.5 Å². The minimum atomic E-state index is -0.759. The van der Waals surface area contributed by atoms with Gasteiger partial charge in [-0.3, -0.25) is 9.59 Å². The van der Waals surface area contributed by atoms with E-state index in [-0.39, 0.29) is 6.61 Å². The fourth-order valence-corrected chi connectivity index (χ4v) is 3.39. The van der Waals surface area contributed by atoms with E-state index in [1.54, 1.807) is 41.8 Å². The molecule has 0 unspecified atom stereocenters. The molecule has 4 rings (SSSR count). The van der Waals surface area contributed by atoms with Crippen molar-refractivity contribution in [3.8, 4) is 11.1 Å². The molecule has 2 aromatic carbocycles. The summed E-state index contributed by atoms with van der Waals surface area (Å²) in [5.41, 5.74) is 3.42. The van der Waals surface area contributed by atoms with Crippen LogP contribution in [0.2, 0.25) is 0 Å². The zero-order valence-electron chi connectivity index (χ0n) is 16.9. The average Bonchev–Trinajstić information content (AvgIpc) is 3.19. The van der Waals surface area contributed by atoms with Crippen molar-refractivity contribution in [2.75, 3.05) is 11.9 Å². The van der Waals surface area contributed by atoms with Crippen LogP contribution in [0.1, 0.15) is 27.8 Å². The third-order valence-electron chi connectivity index (χ3n) is 4.84. The number of Topliss-reactive ketones (excluding diaryl/α,β-unsaturated/α-hetero) is 1. The lowest BCUT2D eigenvalue weighted by atomic mass is 10.0. The van der Waals surface area contributed by atoms with E-state index in [0.29, 0.717) is 22.5 Å². The van der Waals surface area contributed by atoms with Gasteiger partial charge in [0.25, 0.3) is 11.7 Å². The Balaban J connectivity index is 1.64. The van der Waals surface area contributed by atoms with Crippen molar-refractivity contribution in [3.05, 3.63) is 96.3 Å². The fraction of sp³-hybridized carbons (Fsp3) is 0.0800. The molecule has 0 saturated heterocycles. The van der Waals surface area contributed by atoms with Crippen molar-refractivity contribution in [1.29, 1.82) is 0 Å². The van der Waals surface area contributed by atoms with Crippen molar-refractivity contribution < 1.29 is 19.1 Å². The van der Waals surface area contributed by atoms with Crippen LogP contribution in [0, 0.1) is 0 Å². The molecule has 0 aliphatic carbocycles. The number of anilines is 1. The van der Waals surface area contributed by atoms with Gasteiger partial charge in [-0.15, -0.1) is 0 Å². The molecule has 1 amide bonds. The zero-order chi connectivity index (χ0) is 21.8. The van der Waals surface area contributed by atoms with Gasteiger partial charge in [-0.25, -0.2) is 4.79 Å². The quantitative estimate of drug-likeness (QED) is 0.285. The molecule has 0 bridgehead atoms. The third-order valence-corrected chi connectivity index (χ3v) is 4.84. The van der Waals surface area contributed by atoms with Crippen LogP contribution in [-0.2, 0) is 9.53 Å². The van der Waals surface area contributed by atoms with Crippen LogP contribution in [0.5, 0.6) is 0 Å². The number of fused-ring (bicyclic) bond motifs is 1. The first-order valence-corrected chi connectivity index (χ1v) is 9.87. The Morgan fingerprint density at radius 2 is 1.61 bits per heavy atom. The lowest BCUT2D eigenvalue weighted by Gasteiger charge is -2.08. The van der Waals surface area contributed by atoms with Gasteiger partial charge in [-0.2, -0.15) is 0 Å². The zero-order valence-corrected chi connectivity index (χ0v) is 16.9. The monoisotopic (exact) mass is 412 g/mol. The van der Waals surface area contributed by atoms with Gasteiger partial charge in [0.15, 0.2) is 0 Å². The van der Waals surface area contributed by atoms with Crippen molar-refractivity contribution in [1.82, 2.24) is 4.40 Å². The Labute approximate surface area is 179 Å². The number of nitrogens with zero attached hydrogens (tertiary/aromatic N) is 1. The number of aromatic nitrogens is 1. The number of benzene rings is 2. The second kappa shape index (κ2) is 8.67. The molecule has 154 valence electrons. The van der Waals surface area contributed by atoms with E-state index in [9.17, 15) is 14.4 Å². The molecule has 4 aromatic rings. The average molecular weight is 412 g/mol. The summed E-state index contributed by atoms with van der Waals surface area (Å²) in [6.45, 7) is 2.01. The summed E-state index contributed by atoms with van der Waals surface area (Å²) in [6, 6.07) is 23.1. The Kier molecular flexibility index (Phi) is 5.62. The maximum Gasteiger partial charge on any atom is 0.338 e. The number of carbonyl (C=O) groups is 3. The first-order chi connectivity index (χ1) is 15.1. The van der Waals surface area contributed by atoms with E-state index in [0.717, 1.165) is 11.1 Å². The van der Waals surface area contributed by atoms with E-state index < -0.39 is 17.7 Å². The van der Waals surface area contributed by atoms with Gasteiger partial charge in [0.2, 0.25) is 0 Å². The minimum absolute atomic E-state index is 0.279. The Bertz CT molecular complexity index is 1260. The molecule has 0 fully saturated rings. The van der Waals surface area contributed by atoms with Gasteiger partial charge in [0, 0.05) is 23.0 Å².